The van der Waals surface area contributed by atoms with Crippen molar-refractivity contribution in [1.82, 2.24) is 14.9 Å². The van der Waals surface area contributed by atoms with E-state index in [-0.39, 0.29) is 24.6 Å². The van der Waals surface area contributed by atoms with E-state index in [1.165, 1.54) is 12.1 Å². The third-order valence-corrected chi connectivity index (χ3v) is 4.76. The molecule has 5 rings (SSSR count). The first-order valence-electron chi connectivity index (χ1n) is 8.61. The van der Waals surface area contributed by atoms with Gasteiger partial charge in [0.25, 0.3) is 5.91 Å². The number of nitrogens with zero attached hydrogens (tertiary/aromatic N) is 2. The Morgan fingerprint density at radius 2 is 2.11 bits per heavy atom. The van der Waals surface area contributed by atoms with Gasteiger partial charge in [0.1, 0.15) is 18.2 Å². The molecule has 0 saturated heterocycles. The highest BCUT2D eigenvalue weighted by atomic mass is 19.1. The van der Waals surface area contributed by atoms with E-state index in [0.717, 1.165) is 11.3 Å². The number of aromatic nitrogens is 2. The van der Waals surface area contributed by atoms with E-state index in [9.17, 15) is 9.18 Å². The summed E-state index contributed by atoms with van der Waals surface area (Å²) in [6, 6.07) is 9.48. The molecule has 3 heterocycles. The van der Waals surface area contributed by atoms with Crippen molar-refractivity contribution in [3.63, 3.8) is 0 Å². The van der Waals surface area contributed by atoms with Crippen LogP contribution in [-0.4, -0.2) is 35.4 Å². The predicted molar refractivity (Wildman–Crippen MR) is 93.3 cm³/mol. The molecular weight excluding hydrogens is 353 g/mol. The van der Waals surface area contributed by atoms with E-state index < -0.39 is 0 Å². The largest absolute Gasteiger partial charge is 0.454 e. The number of carbonyl (C=O) groups excluding carboxylic acids is 1. The van der Waals surface area contributed by atoms with E-state index in [2.05, 4.69) is 10.3 Å². The summed E-state index contributed by atoms with van der Waals surface area (Å²) in [5, 5.41) is 2.93. The van der Waals surface area contributed by atoms with Crippen LogP contribution in [0.15, 0.2) is 36.4 Å². The van der Waals surface area contributed by atoms with E-state index >= 15 is 0 Å². The lowest BCUT2D eigenvalue weighted by Gasteiger charge is -2.26. The Labute approximate surface area is 153 Å². The average molecular weight is 369 g/mol. The van der Waals surface area contributed by atoms with Crippen LogP contribution in [0.25, 0.3) is 11.0 Å². The second-order valence-electron chi connectivity index (χ2n) is 6.48. The number of benzene rings is 2. The van der Waals surface area contributed by atoms with Gasteiger partial charge in [-0.3, -0.25) is 4.79 Å². The van der Waals surface area contributed by atoms with Crippen LogP contribution in [0.3, 0.4) is 0 Å². The molecule has 2 aromatic carbocycles. The van der Waals surface area contributed by atoms with Crippen LogP contribution in [0.4, 0.5) is 4.39 Å². The Bertz CT molecular complexity index is 1050. The summed E-state index contributed by atoms with van der Waals surface area (Å²) < 4.78 is 31.7. The summed E-state index contributed by atoms with van der Waals surface area (Å²) in [5.41, 5.74) is 1.91. The van der Waals surface area contributed by atoms with Gasteiger partial charge in [-0.2, -0.15) is 0 Å². The minimum absolute atomic E-state index is 0.123. The lowest BCUT2D eigenvalue weighted by Crippen LogP contribution is -2.35. The van der Waals surface area contributed by atoms with Gasteiger partial charge in [-0.25, -0.2) is 9.37 Å². The number of amides is 1. The Balaban J connectivity index is 1.36. The highest BCUT2D eigenvalue weighted by molar-refractivity contribution is 5.95. The van der Waals surface area contributed by atoms with Gasteiger partial charge in [0.05, 0.1) is 23.7 Å². The summed E-state index contributed by atoms with van der Waals surface area (Å²) in [6.45, 7) is 1.33. The number of halogens is 1. The minimum atomic E-state index is -0.327. The van der Waals surface area contributed by atoms with Crippen molar-refractivity contribution in [1.29, 1.82) is 0 Å². The van der Waals surface area contributed by atoms with Crippen molar-refractivity contribution in [3.05, 3.63) is 53.6 Å². The van der Waals surface area contributed by atoms with E-state index in [4.69, 9.17) is 14.2 Å². The number of nitrogens with one attached hydrogen (secondary N) is 1. The fourth-order valence-electron chi connectivity index (χ4n) is 3.49. The van der Waals surface area contributed by atoms with Gasteiger partial charge in [-0.1, -0.05) is 0 Å². The normalized spacial score (nSPS) is 17.7. The van der Waals surface area contributed by atoms with E-state index in [1.807, 2.05) is 4.57 Å². The number of fused-ring (bicyclic) bond motifs is 4. The molecule has 0 aliphatic carbocycles. The van der Waals surface area contributed by atoms with Gasteiger partial charge in [0.15, 0.2) is 11.5 Å². The zero-order valence-electron chi connectivity index (χ0n) is 14.3. The van der Waals surface area contributed by atoms with Gasteiger partial charge in [0.2, 0.25) is 6.79 Å². The number of hydrogen-bond donors (Lipinski definition) is 1. The SMILES string of the molecule is O=C(NCC1COCc2nc3cc(F)ccc3n21)c1ccc2c(c1)OCO2. The van der Waals surface area contributed by atoms with E-state index in [0.29, 0.717) is 42.3 Å². The van der Waals surface area contributed by atoms with Crippen LogP contribution in [0, 0.1) is 5.82 Å². The van der Waals surface area contributed by atoms with Crippen LogP contribution >= 0.6 is 0 Å². The summed E-state index contributed by atoms with van der Waals surface area (Å²) in [7, 11) is 0. The number of rotatable bonds is 3. The van der Waals surface area contributed by atoms with Crippen molar-refractivity contribution in [2.24, 2.45) is 0 Å². The lowest BCUT2D eigenvalue weighted by atomic mass is 10.1. The Kier molecular flexibility index (Phi) is 3.71. The molecule has 1 atom stereocenters. The molecule has 1 aromatic heterocycles. The standard InChI is InChI=1S/C19H16FN3O4/c20-12-2-3-15-14(6-12)22-18-9-25-8-13(23(15)18)7-21-19(24)11-1-4-16-17(5-11)27-10-26-16/h1-6,13H,7-10H2,(H,21,24). The van der Waals surface area contributed by atoms with Crippen molar-refractivity contribution in [2.75, 3.05) is 19.9 Å². The van der Waals surface area contributed by atoms with Gasteiger partial charge < -0.3 is 24.1 Å². The van der Waals surface area contributed by atoms with Crippen molar-refractivity contribution < 1.29 is 23.4 Å². The second-order valence-corrected chi connectivity index (χ2v) is 6.48. The molecule has 138 valence electrons. The van der Waals surface area contributed by atoms with Gasteiger partial charge in [-0.05, 0) is 30.3 Å². The maximum Gasteiger partial charge on any atom is 0.251 e. The smallest absolute Gasteiger partial charge is 0.251 e. The van der Waals surface area contributed by atoms with Crippen LogP contribution in [0.1, 0.15) is 22.2 Å². The number of carbonyl (C=O) groups is 1. The molecule has 0 radical (unpaired) electrons. The highest BCUT2D eigenvalue weighted by Crippen LogP contribution is 2.32. The van der Waals surface area contributed by atoms with Crippen LogP contribution in [0.5, 0.6) is 11.5 Å². The van der Waals surface area contributed by atoms with Crippen LogP contribution in [-0.2, 0) is 11.3 Å². The monoisotopic (exact) mass is 369 g/mol. The average Bonchev–Trinajstić information content (AvgIpc) is 3.29. The number of hydrogen-bond acceptors (Lipinski definition) is 5. The molecular formula is C19H16FN3O4. The quantitative estimate of drug-likeness (QED) is 0.767. The van der Waals surface area contributed by atoms with Gasteiger partial charge in [0, 0.05) is 18.2 Å². The van der Waals surface area contributed by atoms with Gasteiger partial charge >= 0.3 is 0 Å². The summed E-state index contributed by atoms with van der Waals surface area (Å²) in [5.74, 6) is 1.38. The first-order chi connectivity index (χ1) is 13.2. The maximum atomic E-state index is 13.5. The molecule has 1 N–H and O–H groups in total. The molecule has 7 nitrogen and oxygen atoms in total. The molecule has 27 heavy (non-hydrogen) atoms. The molecule has 0 saturated carbocycles. The third-order valence-electron chi connectivity index (χ3n) is 4.76. The molecule has 2 aliphatic heterocycles. The minimum Gasteiger partial charge on any atom is -0.454 e. The number of ether oxygens (including phenoxy) is 3. The third kappa shape index (κ3) is 2.78. The molecule has 3 aromatic rings. The summed E-state index contributed by atoms with van der Waals surface area (Å²) in [4.78, 5) is 17.0. The zero-order chi connectivity index (χ0) is 18.4. The number of imidazole rings is 1. The van der Waals surface area contributed by atoms with E-state index in [1.54, 1.807) is 24.3 Å². The first kappa shape index (κ1) is 16.1. The zero-order valence-corrected chi connectivity index (χ0v) is 14.3. The Morgan fingerprint density at radius 3 is 3.04 bits per heavy atom. The predicted octanol–water partition coefficient (Wildman–Crippen LogP) is 2.41. The van der Waals surface area contributed by atoms with Crippen LogP contribution < -0.4 is 14.8 Å². The lowest BCUT2D eigenvalue weighted by molar-refractivity contribution is 0.0553. The highest BCUT2D eigenvalue weighted by Gasteiger charge is 2.25. The molecule has 2 aliphatic rings. The van der Waals surface area contributed by atoms with Crippen molar-refractivity contribution in [3.8, 4) is 11.5 Å². The molecule has 1 amide bonds. The molecule has 0 bridgehead atoms. The van der Waals surface area contributed by atoms with Crippen LogP contribution in [0.2, 0.25) is 0 Å². The molecule has 8 heteroatoms. The first-order valence-corrected chi connectivity index (χ1v) is 8.61. The van der Waals surface area contributed by atoms with Crippen molar-refractivity contribution >= 4 is 16.9 Å². The molecule has 1 unspecified atom stereocenters. The Morgan fingerprint density at radius 1 is 1.22 bits per heavy atom. The Hall–Kier alpha value is -3.13. The summed E-state index contributed by atoms with van der Waals surface area (Å²) >= 11 is 0. The summed E-state index contributed by atoms with van der Waals surface area (Å²) in [6.07, 6.45) is 0. The molecule has 0 spiro atoms. The topological polar surface area (TPSA) is 74.6 Å². The van der Waals surface area contributed by atoms with Crippen molar-refractivity contribution in [2.45, 2.75) is 12.6 Å². The fourth-order valence-corrected chi connectivity index (χ4v) is 3.49. The second kappa shape index (κ2) is 6.24. The molecule has 0 fully saturated rings. The van der Waals surface area contributed by atoms with Gasteiger partial charge in [-0.15, -0.1) is 0 Å². The maximum absolute atomic E-state index is 13.5. The fraction of sp³-hybridized carbons (Fsp3) is 0.263.